The van der Waals surface area contributed by atoms with Crippen molar-refractivity contribution >= 4 is 12.0 Å². The minimum Gasteiger partial charge on any atom is -0.481 e. The normalized spacial score (nSPS) is 18.2. The summed E-state index contributed by atoms with van der Waals surface area (Å²) in [6.45, 7) is 5.09. The maximum absolute atomic E-state index is 11.4. The molecule has 3 N–H and O–H groups in total. The Bertz CT molecular complexity index is 287. The number of carbonyl (C=O) groups excluding carboxylic acids is 1. The van der Waals surface area contributed by atoms with E-state index in [2.05, 4.69) is 17.6 Å². The van der Waals surface area contributed by atoms with Gasteiger partial charge in [-0.25, -0.2) is 4.79 Å². The summed E-state index contributed by atoms with van der Waals surface area (Å²) in [6.07, 6.45) is 3.65. The van der Waals surface area contributed by atoms with Gasteiger partial charge in [0.05, 0.1) is 5.92 Å². The number of urea groups is 1. The molecular formula is C12H22N2O3. The van der Waals surface area contributed by atoms with Crippen LogP contribution in [0.3, 0.4) is 0 Å². The lowest BCUT2D eigenvalue weighted by Gasteiger charge is -2.11. The van der Waals surface area contributed by atoms with E-state index in [4.69, 9.17) is 5.11 Å². The lowest BCUT2D eigenvalue weighted by Crippen LogP contribution is -2.38. The number of carbonyl (C=O) groups is 2. The molecule has 5 heteroatoms. The Hall–Kier alpha value is -1.26. The van der Waals surface area contributed by atoms with Gasteiger partial charge in [0.15, 0.2) is 0 Å². The topological polar surface area (TPSA) is 78.4 Å². The zero-order chi connectivity index (χ0) is 12.9. The monoisotopic (exact) mass is 242 g/mol. The summed E-state index contributed by atoms with van der Waals surface area (Å²) in [5.74, 6) is -1.12. The minimum absolute atomic E-state index is 0.152. The van der Waals surface area contributed by atoms with Gasteiger partial charge in [-0.1, -0.05) is 13.8 Å². The average Bonchev–Trinajstić information content (AvgIpc) is 3.00. The second kappa shape index (κ2) is 5.89. The molecule has 1 fully saturated rings. The van der Waals surface area contributed by atoms with Gasteiger partial charge in [0, 0.05) is 13.1 Å². The molecule has 0 saturated heterocycles. The Kier molecular flexibility index (Phi) is 4.78. The van der Waals surface area contributed by atoms with Crippen molar-refractivity contribution in [2.45, 2.75) is 39.5 Å². The van der Waals surface area contributed by atoms with Gasteiger partial charge >= 0.3 is 12.0 Å². The van der Waals surface area contributed by atoms with Crippen LogP contribution >= 0.6 is 0 Å². The highest BCUT2D eigenvalue weighted by Gasteiger charge is 2.37. The molecular weight excluding hydrogens is 220 g/mol. The Morgan fingerprint density at radius 3 is 2.53 bits per heavy atom. The first-order valence-corrected chi connectivity index (χ1v) is 6.17. The van der Waals surface area contributed by atoms with Crippen molar-refractivity contribution < 1.29 is 14.7 Å². The molecule has 1 aliphatic rings. The second-order valence-electron chi connectivity index (χ2n) is 5.30. The first kappa shape index (κ1) is 13.8. The van der Waals surface area contributed by atoms with Gasteiger partial charge in [0.25, 0.3) is 0 Å². The molecule has 0 bridgehead atoms. The number of hydrogen-bond donors (Lipinski definition) is 3. The van der Waals surface area contributed by atoms with Crippen molar-refractivity contribution in [2.24, 2.45) is 11.3 Å². The number of hydrogen-bond acceptors (Lipinski definition) is 2. The Balaban J connectivity index is 1.98. The van der Waals surface area contributed by atoms with Crippen LogP contribution in [0.15, 0.2) is 0 Å². The minimum atomic E-state index is -0.781. The van der Waals surface area contributed by atoms with E-state index in [1.165, 1.54) is 12.8 Å². The van der Waals surface area contributed by atoms with Crippen molar-refractivity contribution in [3.63, 3.8) is 0 Å². The van der Waals surface area contributed by atoms with Crippen molar-refractivity contribution in [1.29, 1.82) is 0 Å². The van der Waals surface area contributed by atoms with E-state index in [0.29, 0.717) is 24.8 Å². The zero-order valence-electron chi connectivity index (χ0n) is 10.6. The number of amides is 2. The van der Waals surface area contributed by atoms with E-state index < -0.39 is 5.97 Å². The van der Waals surface area contributed by atoms with Crippen LogP contribution in [-0.4, -0.2) is 30.2 Å². The molecule has 0 aliphatic heterocycles. The van der Waals surface area contributed by atoms with Crippen LogP contribution in [0.25, 0.3) is 0 Å². The SMILES string of the molecule is CC(CCCNC(=O)NCC1(C)CC1)C(=O)O. The van der Waals surface area contributed by atoms with Crippen LogP contribution in [0.2, 0.25) is 0 Å². The van der Waals surface area contributed by atoms with E-state index >= 15 is 0 Å². The third-order valence-corrected chi connectivity index (χ3v) is 3.30. The summed E-state index contributed by atoms with van der Waals surface area (Å²) in [5.41, 5.74) is 0.315. The molecule has 0 aromatic rings. The van der Waals surface area contributed by atoms with Crippen LogP contribution in [0.5, 0.6) is 0 Å². The Morgan fingerprint density at radius 1 is 1.35 bits per heavy atom. The number of carboxylic acids is 1. The predicted octanol–water partition coefficient (Wildman–Crippen LogP) is 1.59. The van der Waals surface area contributed by atoms with Crippen LogP contribution < -0.4 is 10.6 Å². The van der Waals surface area contributed by atoms with Crippen LogP contribution in [-0.2, 0) is 4.79 Å². The van der Waals surface area contributed by atoms with Gasteiger partial charge in [-0.05, 0) is 31.1 Å². The van der Waals surface area contributed by atoms with E-state index in [9.17, 15) is 9.59 Å². The molecule has 0 aromatic carbocycles. The molecule has 1 unspecified atom stereocenters. The number of carboxylic acid groups (broad SMARTS) is 1. The van der Waals surface area contributed by atoms with Gasteiger partial charge in [-0.15, -0.1) is 0 Å². The average molecular weight is 242 g/mol. The number of nitrogens with one attached hydrogen (secondary N) is 2. The quantitative estimate of drug-likeness (QED) is 0.593. The summed E-state index contributed by atoms with van der Waals surface area (Å²) >= 11 is 0. The molecule has 1 atom stereocenters. The van der Waals surface area contributed by atoms with E-state index in [1.54, 1.807) is 6.92 Å². The predicted molar refractivity (Wildman–Crippen MR) is 64.8 cm³/mol. The van der Waals surface area contributed by atoms with Gasteiger partial charge < -0.3 is 15.7 Å². The summed E-state index contributed by atoms with van der Waals surface area (Å²) in [7, 11) is 0. The fourth-order valence-corrected chi connectivity index (χ4v) is 1.48. The lowest BCUT2D eigenvalue weighted by molar-refractivity contribution is -0.141. The largest absolute Gasteiger partial charge is 0.481 e. The molecule has 0 aromatic heterocycles. The summed E-state index contributed by atoms with van der Waals surface area (Å²) < 4.78 is 0. The smallest absolute Gasteiger partial charge is 0.314 e. The Morgan fingerprint density at radius 2 is 2.00 bits per heavy atom. The standard InChI is InChI=1S/C12H22N2O3/c1-9(10(15)16)4-3-7-13-11(17)14-8-12(2)5-6-12/h9H,3-8H2,1-2H3,(H,15,16)(H2,13,14,17). The van der Waals surface area contributed by atoms with Crippen molar-refractivity contribution in [3.05, 3.63) is 0 Å². The maximum atomic E-state index is 11.4. The highest BCUT2D eigenvalue weighted by Crippen LogP contribution is 2.43. The van der Waals surface area contributed by atoms with Crippen molar-refractivity contribution in [2.75, 3.05) is 13.1 Å². The molecule has 1 aliphatic carbocycles. The lowest BCUT2D eigenvalue weighted by atomic mass is 10.1. The highest BCUT2D eigenvalue weighted by atomic mass is 16.4. The third kappa shape index (κ3) is 5.56. The first-order chi connectivity index (χ1) is 7.93. The summed E-state index contributed by atoms with van der Waals surface area (Å²) in [6, 6.07) is -0.152. The number of rotatable bonds is 7. The summed E-state index contributed by atoms with van der Waals surface area (Å²) in [4.78, 5) is 21.9. The molecule has 0 spiro atoms. The molecule has 2 amide bonds. The zero-order valence-corrected chi connectivity index (χ0v) is 10.6. The maximum Gasteiger partial charge on any atom is 0.314 e. The van der Waals surface area contributed by atoms with Gasteiger partial charge in [0.1, 0.15) is 0 Å². The van der Waals surface area contributed by atoms with Gasteiger partial charge in [0.2, 0.25) is 0 Å². The summed E-state index contributed by atoms with van der Waals surface area (Å²) in [5, 5.41) is 14.2. The molecule has 17 heavy (non-hydrogen) atoms. The molecule has 1 saturated carbocycles. The fraction of sp³-hybridized carbons (Fsp3) is 0.833. The fourth-order valence-electron chi connectivity index (χ4n) is 1.48. The molecule has 1 rings (SSSR count). The highest BCUT2D eigenvalue weighted by molar-refractivity contribution is 5.73. The van der Waals surface area contributed by atoms with Crippen molar-refractivity contribution in [3.8, 4) is 0 Å². The van der Waals surface area contributed by atoms with E-state index in [1.807, 2.05) is 0 Å². The molecule has 0 radical (unpaired) electrons. The molecule has 5 nitrogen and oxygen atoms in total. The molecule has 98 valence electrons. The first-order valence-electron chi connectivity index (χ1n) is 6.17. The van der Waals surface area contributed by atoms with Gasteiger partial charge in [-0.2, -0.15) is 0 Å². The van der Waals surface area contributed by atoms with Gasteiger partial charge in [-0.3, -0.25) is 4.79 Å². The third-order valence-electron chi connectivity index (χ3n) is 3.30. The van der Waals surface area contributed by atoms with Crippen LogP contribution in [0, 0.1) is 11.3 Å². The van der Waals surface area contributed by atoms with E-state index in [-0.39, 0.29) is 11.9 Å². The number of aliphatic carboxylic acids is 1. The second-order valence-corrected chi connectivity index (χ2v) is 5.30. The van der Waals surface area contributed by atoms with Crippen molar-refractivity contribution in [1.82, 2.24) is 10.6 Å². The van der Waals surface area contributed by atoms with Crippen LogP contribution in [0.4, 0.5) is 4.79 Å². The van der Waals surface area contributed by atoms with E-state index in [0.717, 1.165) is 6.54 Å². The molecule has 0 heterocycles. The Labute approximate surface area is 102 Å². The van der Waals surface area contributed by atoms with Crippen LogP contribution in [0.1, 0.15) is 39.5 Å².